The summed E-state index contributed by atoms with van der Waals surface area (Å²) in [6, 6.07) is 6.89. The molecule has 4 N–H and O–H groups in total. The third kappa shape index (κ3) is 4.42. The fourth-order valence-corrected chi connectivity index (χ4v) is 3.71. The van der Waals surface area contributed by atoms with Gasteiger partial charge in [0.2, 0.25) is 0 Å². The third-order valence-electron chi connectivity index (χ3n) is 5.08. The van der Waals surface area contributed by atoms with Crippen molar-refractivity contribution in [3.8, 4) is 5.75 Å². The van der Waals surface area contributed by atoms with Gasteiger partial charge >= 0.3 is 0 Å². The lowest BCUT2D eigenvalue weighted by molar-refractivity contribution is 0.0770. The van der Waals surface area contributed by atoms with E-state index >= 15 is 0 Å². The summed E-state index contributed by atoms with van der Waals surface area (Å²) >= 11 is 0. The standard InChI is InChI=1S/C21H23F2N5O2/c22-13-3-4-17(19(8-13)30-15-2-1-5-28(11-15)6-7-29)27-21-20-16(23)9-14(24)10-18(20)25-12-26-21/h3-4,8-10,12,15,29H,1-2,5-7,11,24H2,(H,25,26,27). The number of nitrogens with zero attached hydrogens (tertiary/aromatic N) is 3. The van der Waals surface area contributed by atoms with E-state index in [2.05, 4.69) is 20.2 Å². The molecule has 1 unspecified atom stereocenters. The number of aliphatic hydroxyl groups is 1. The number of anilines is 3. The SMILES string of the molecule is Nc1cc(F)c2c(Nc3ccc(F)cc3OC3CCCN(CCO)C3)ncnc2c1. The zero-order valence-electron chi connectivity index (χ0n) is 16.3. The van der Waals surface area contributed by atoms with Crippen LogP contribution in [-0.4, -0.2) is 52.3 Å². The van der Waals surface area contributed by atoms with E-state index in [-0.39, 0.29) is 29.6 Å². The molecule has 4 rings (SSSR count). The lowest BCUT2D eigenvalue weighted by atomic mass is 10.1. The van der Waals surface area contributed by atoms with Crippen LogP contribution in [0.2, 0.25) is 0 Å². The molecule has 2 aromatic carbocycles. The monoisotopic (exact) mass is 415 g/mol. The second kappa shape index (κ2) is 8.76. The van der Waals surface area contributed by atoms with Crippen LogP contribution in [-0.2, 0) is 0 Å². The highest BCUT2D eigenvalue weighted by atomic mass is 19.1. The Hall–Kier alpha value is -3.04. The largest absolute Gasteiger partial charge is 0.487 e. The van der Waals surface area contributed by atoms with E-state index < -0.39 is 11.6 Å². The number of hydrogen-bond acceptors (Lipinski definition) is 7. The van der Waals surface area contributed by atoms with E-state index in [0.29, 0.717) is 30.0 Å². The second-order valence-corrected chi connectivity index (χ2v) is 7.29. The smallest absolute Gasteiger partial charge is 0.146 e. The molecule has 0 aliphatic carbocycles. The highest BCUT2D eigenvalue weighted by molar-refractivity contribution is 5.93. The number of piperidine rings is 1. The molecule has 1 aliphatic rings. The molecule has 1 saturated heterocycles. The minimum atomic E-state index is -0.551. The van der Waals surface area contributed by atoms with Crippen molar-refractivity contribution in [2.75, 3.05) is 37.3 Å². The van der Waals surface area contributed by atoms with Crippen molar-refractivity contribution in [2.24, 2.45) is 0 Å². The van der Waals surface area contributed by atoms with Crippen LogP contribution in [0, 0.1) is 11.6 Å². The van der Waals surface area contributed by atoms with Gasteiger partial charge in [0.1, 0.15) is 35.6 Å². The first-order chi connectivity index (χ1) is 14.5. The van der Waals surface area contributed by atoms with Gasteiger partial charge < -0.3 is 20.9 Å². The molecule has 0 bridgehead atoms. The first-order valence-electron chi connectivity index (χ1n) is 9.79. The van der Waals surface area contributed by atoms with Gasteiger partial charge in [-0.25, -0.2) is 18.7 Å². The Balaban J connectivity index is 1.62. The van der Waals surface area contributed by atoms with Crippen molar-refractivity contribution in [3.63, 3.8) is 0 Å². The molecule has 158 valence electrons. The van der Waals surface area contributed by atoms with E-state index in [0.717, 1.165) is 19.4 Å². The summed E-state index contributed by atoms with van der Waals surface area (Å²) in [5, 5.41) is 12.4. The summed E-state index contributed by atoms with van der Waals surface area (Å²) in [5.74, 6) is -0.442. The number of hydrogen-bond donors (Lipinski definition) is 3. The van der Waals surface area contributed by atoms with Crippen LogP contribution in [0.25, 0.3) is 10.9 Å². The zero-order valence-corrected chi connectivity index (χ0v) is 16.3. The molecule has 0 spiro atoms. The first kappa shape index (κ1) is 20.2. The Labute approximate surface area is 172 Å². The summed E-state index contributed by atoms with van der Waals surface area (Å²) < 4.78 is 34.6. The lowest BCUT2D eigenvalue weighted by Gasteiger charge is -2.32. The van der Waals surface area contributed by atoms with Crippen molar-refractivity contribution in [3.05, 3.63) is 48.3 Å². The van der Waals surface area contributed by atoms with Gasteiger partial charge in [-0.1, -0.05) is 0 Å². The minimum Gasteiger partial charge on any atom is -0.487 e. The number of benzene rings is 2. The number of β-amino-alcohol motifs (C(OH)–C–C–N with tert-alkyl or cyclic N) is 1. The molecule has 3 aromatic rings. The van der Waals surface area contributed by atoms with E-state index in [1.807, 2.05) is 0 Å². The highest BCUT2D eigenvalue weighted by Gasteiger charge is 2.22. The van der Waals surface area contributed by atoms with Crippen molar-refractivity contribution < 1.29 is 18.6 Å². The Bertz CT molecular complexity index is 1050. The van der Waals surface area contributed by atoms with Gasteiger partial charge in [0.25, 0.3) is 0 Å². The predicted octanol–water partition coefficient (Wildman–Crippen LogP) is 3.07. The molecular formula is C21H23F2N5O2. The zero-order chi connectivity index (χ0) is 21.1. The molecule has 1 aromatic heterocycles. The van der Waals surface area contributed by atoms with Crippen LogP contribution >= 0.6 is 0 Å². The van der Waals surface area contributed by atoms with Crippen LogP contribution in [0.3, 0.4) is 0 Å². The molecule has 0 amide bonds. The molecule has 1 aliphatic heterocycles. The predicted molar refractivity (Wildman–Crippen MR) is 111 cm³/mol. The van der Waals surface area contributed by atoms with Crippen LogP contribution in [0.15, 0.2) is 36.7 Å². The summed E-state index contributed by atoms with van der Waals surface area (Å²) in [6.07, 6.45) is 2.90. The number of halogens is 2. The van der Waals surface area contributed by atoms with Gasteiger partial charge in [-0.3, -0.25) is 4.90 Å². The van der Waals surface area contributed by atoms with E-state index in [4.69, 9.17) is 10.5 Å². The molecule has 7 nitrogen and oxygen atoms in total. The number of aliphatic hydroxyl groups excluding tert-OH is 1. The van der Waals surface area contributed by atoms with E-state index in [9.17, 15) is 13.9 Å². The van der Waals surface area contributed by atoms with Crippen molar-refractivity contribution in [2.45, 2.75) is 18.9 Å². The number of aromatic nitrogens is 2. The molecule has 1 atom stereocenters. The van der Waals surface area contributed by atoms with Crippen LogP contribution in [0.1, 0.15) is 12.8 Å². The van der Waals surface area contributed by atoms with E-state index in [1.54, 1.807) is 6.07 Å². The maximum atomic E-state index is 14.5. The van der Waals surface area contributed by atoms with Gasteiger partial charge in [-0.15, -0.1) is 0 Å². The number of nitrogens with one attached hydrogen (secondary N) is 1. The summed E-state index contributed by atoms with van der Waals surface area (Å²) in [5.41, 5.74) is 6.79. The summed E-state index contributed by atoms with van der Waals surface area (Å²) in [6.45, 7) is 2.19. The Morgan fingerprint density at radius 1 is 1.23 bits per heavy atom. The molecular weight excluding hydrogens is 392 g/mol. The fourth-order valence-electron chi connectivity index (χ4n) is 3.71. The average Bonchev–Trinajstić information content (AvgIpc) is 2.70. The van der Waals surface area contributed by atoms with Crippen LogP contribution in [0.5, 0.6) is 5.75 Å². The topological polar surface area (TPSA) is 96.5 Å². The summed E-state index contributed by atoms with van der Waals surface area (Å²) in [4.78, 5) is 10.3. The highest BCUT2D eigenvalue weighted by Crippen LogP contribution is 2.33. The third-order valence-corrected chi connectivity index (χ3v) is 5.08. The molecule has 9 heteroatoms. The number of likely N-dealkylation sites (tertiary alicyclic amines) is 1. The van der Waals surface area contributed by atoms with Crippen molar-refractivity contribution in [1.82, 2.24) is 14.9 Å². The van der Waals surface area contributed by atoms with Gasteiger partial charge in [0.15, 0.2) is 0 Å². The minimum absolute atomic E-state index is 0.0797. The van der Waals surface area contributed by atoms with E-state index in [1.165, 1.54) is 30.6 Å². The Morgan fingerprint density at radius 2 is 2.10 bits per heavy atom. The maximum Gasteiger partial charge on any atom is 0.146 e. The molecule has 0 radical (unpaired) electrons. The molecule has 1 fully saturated rings. The number of fused-ring (bicyclic) bond motifs is 1. The number of rotatable bonds is 6. The Kier molecular flexibility index (Phi) is 5.91. The van der Waals surface area contributed by atoms with Gasteiger partial charge in [-0.2, -0.15) is 0 Å². The van der Waals surface area contributed by atoms with Gasteiger partial charge in [-0.05, 0) is 43.7 Å². The van der Waals surface area contributed by atoms with Gasteiger partial charge in [0.05, 0.1) is 23.2 Å². The van der Waals surface area contributed by atoms with Crippen molar-refractivity contribution >= 4 is 28.1 Å². The van der Waals surface area contributed by atoms with Crippen LogP contribution in [0.4, 0.5) is 26.0 Å². The van der Waals surface area contributed by atoms with Crippen molar-refractivity contribution in [1.29, 1.82) is 0 Å². The molecule has 2 heterocycles. The summed E-state index contributed by atoms with van der Waals surface area (Å²) in [7, 11) is 0. The quantitative estimate of drug-likeness (QED) is 0.533. The fraction of sp³-hybridized carbons (Fsp3) is 0.333. The number of nitrogen functional groups attached to an aromatic ring is 1. The van der Waals surface area contributed by atoms with Gasteiger partial charge in [0, 0.05) is 24.8 Å². The normalized spacial score (nSPS) is 17.2. The number of ether oxygens (including phenoxy) is 1. The average molecular weight is 415 g/mol. The molecule has 0 saturated carbocycles. The Morgan fingerprint density at radius 3 is 2.93 bits per heavy atom. The molecule has 30 heavy (non-hydrogen) atoms. The second-order valence-electron chi connectivity index (χ2n) is 7.29. The number of nitrogens with two attached hydrogens (primary N) is 1. The lowest BCUT2D eigenvalue weighted by Crippen LogP contribution is -2.42. The first-order valence-corrected chi connectivity index (χ1v) is 9.79. The maximum absolute atomic E-state index is 14.5. The van der Waals surface area contributed by atoms with Crippen LogP contribution < -0.4 is 15.8 Å².